The lowest BCUT2D eigenvalue weighted by molar-refractivity contribution is -0.120. The van der Waals surface area contributed by atoms with Crippen molar-refractivity contribution in [3.8, 4) is 0 Å². The van der Waals surface area contributed by atoms with Gasteiger partial charge in [0, 0.05) is 18.3 Å². The second kappa shape index (κ2) is 7.68. The summed E-state index contributed by atoms with van der Waals surface area (Å²) >= 11 is 0. The van der Waals surface area contributed by atoms with Crippen molar-refractivity contribution in [3.05, 3.63) is 48.4 Å². The van der Waals surface area contributed by atoms with Crippen LogP contribution in [0, 0.1) is 5.92 Å². The molecule has 124 valence electrons. The monoisotopic (exact) mass is 324 g/mol. The molecular weight excluding hydrogens is 304 g/mol. The Labute approximate surface area is 140 Å². The van der Waals surface area contributed by atoms with E-state index >= 15 is 0 Å². The van der Waals surface area contributed by atoms with Crippen LogP contribution in [0.4, 0.5) is 11.5 Å². The molecule has 0 saturated heterocycles. The largest absolute Gasteiger partial charge is 0.321 e. The summed E-state index contributed by atoms with van der Waals surface area (Å²) in [6.07, 6.45) is 9.99. The van der Waals surface area contributed by atoms with Crippen molar-refractivity contribution < 1.29 is 9.59 Å². The average molecular weight is 324 g/mol. The molecule has 2 heterocycles. The molecule has 0 aliphatic heterocycles. The summed E-state index contributed by atoms with van der Waals surface area (Å²) in [6.45, 7) is 0. The van der Waals surface area contributed by atoms with Gasteiger partial charge in [0.2, 0.25) is 5.91 Å². The molecule has 1 aliphatic carbocycles. The zero-order chi connectivity index (χ0) is 16.8. The number of amides is 2. The molecule has 2 aromatic rings. The van der Waals surface area contributed by atoms with Crippen molar-refractivity contribution >= 4 is 23.3 Å². The van der Waals surface area contributed by atoms with Crippen LogP contribution < -0.4 is 10.6 Å². The number of anilines is 2. The van der Waals surface area contributed by atoms with Crippen LogP contribution in [0.15, 0.2) is 42.9 Å². The fourth-order valence-corrected chi connectivity index (χ4v) is 2.84. The van der Waals surface area contributed by atoms with Gasteiger partial charge in [0.1, 0.15) is 5.82 Å². The normalized spacial score (nSPS) is 14.8. The number of carbonyl (C=O) groups is 2. The van der Waals surface area contributed by atoms with E-state index < -0.39 is 0 Å². The molecule has 0 bridgehead atoms. The summed E-state index contributed by atoms with van der Waals surface area (Å²) < 4.78 is 0. The number of hydrogen-bond acceptors (Lipinski definition) is 4. The van der Waals surface area contributed by atoms with Gasteiger partial charge >= 0.3 is 0 Å². The van der Waals surface area contributed by atoms with Gasteiger partial charge in [-0.25, -0.2) is 4.98 Å². The molecule has 1 saturated carbocycles. The van der Waals surface area contributed by atoms with E-state index in [0.717, 1.165) is 25.7 Å². The van der Waals surface area contributed by atoms with Gasteiger partial charge in [-0.2, -0.15) is 0 Å². The maximum absolute atomic E-state index is 12.2. The fourth-order valence-electron chi connectivity index (χ4n) is 2.84. The Bertz CT molecular complexity index is 695. The second-order valence-electron chi connectivity index (χ2n) is 5.95. The van der Waals surface area contributed by atoms with Gasteiger partial charge < -0.3 is 10.6 Å². The Balaban J connectivity index is 1.57. The number of nitrogens with one attached hydrogen (secondary N) is 2. The molecule has 0 radical (unpaired) electrons. The molecule has 3 rings (SSSR count). The van der Waals surface area contributed by atoms with E-state index in [2.05, 4.69) is 20.6 Å². The lowest BCUT2D eigenvalue weighted by Gasteiger charge is -2.20. The van der Waals surface area contributed by atoms with Crippen molar-refractivity contribution in [1.29, 1.82) is 0 Å². The molecule has 2 aromatic heterocycles. The van der Waals surface area contributed by atoms with Gasteiger partial charge in [0.05, 0.1) is 17.4 Å². The number of pyridine rings is 2. The van der Waals surface area contributed by atoms with Crippen LogP contribution in [-0.2, 0) is 4.79 Å². The zero-order valence-electron chi connectivity index (χ0n) is 13.4. The Hall–Kier alpha value is -2.76. The number of hydrogen-bond donors (Lipinski definition) is 2. The topological polar surface area (TPSA) is 84.0 Å². The Morgan fingerprint density at radius 3 is 2.50 bits per heavy atom. The van der Waals surface area contributed by atoms with E-state index in [1.165, 1.54) is 18.8 Å². The standard InChI is InChI=1S/C18H20N4O2/c23-17(13-5-2-1-3-6-13)22-16-9-8-15(12-20-16)21-18(24)14-7-4-10-19-11-14/h4,7-13H,1-3,5-6H2,(H,21,24)(H,20,22,23). The fraction of sp³-hybridized carbons (Fsp3) is 0.333. The van der Waals surface area contributed by atoms with Crippen LogP contribution in [-0.4, -0.2) is 21.8 Å². The highest BCUT2D eigenvalue weighted by atomic mass is 16.2. The third-order valence-electron chi connectivity index (χ3n) is 4.17. The second-order valence-corrected chi connectivity index (χ2v) is 5.95. The van der Waals surface area contributed by atoms with Crippen molar-refractivity contribution in [3.63, 3.8) is 0 Å². The number of aromatic nitrogens is 2. The summed E-state index contributed by atoms with van der Waals surface area (Å²) in [5.41, 5.74) is 1.05. The summed E-state index contributed by atoms with van der Waals surface area (Å²) in [4.78, 5) is 32.3. The van der Waals surface area contributed by atoms with E-state index in [4.69, 9.17) is 0 Å². The third-order valence-corrected chi connectivity index (χ3v) is 4.17. The van der Waals surface area contributed by atoms with Crippen LogP contribution in [0.2, 0.25) is 0 Å². The Morgan fingerprint density at radius 2 is 1.83 bits per heavy atom. The molecule has 0 atom stereocenters. The van der Waals surface area contributed by atoms with E-state index in [1.807, 2.05) is 0 Å². The number of carbonyl (C=O) groups excluding carboxylic acids is 2. The van der Waals surface area contributed by atoms with Crippen molar-refractivity contribution in [2.75, 3.05) is 10.6 Å². The number of rotatable bonds is 4. The van der Waals surface area contributed by atoms with Crippen LogP contribution >= 0.6 is 0 Å². The lowest BCUT2D eigenvalue weighted by Crippen LogP contribution is -2.25. The van der Waals surface area contributed by atoms with Gasteiger partial charge in [-0.15, -0.1) is 0 Å². The SMILES string of the molecule is O=C(Nc1ccc(NC(=O)C2CCCCC2)nc1)c1cccnc1. The molecular formula is C18H20N4O2. The molecule has 6 heteroatoms. The summed E-state index contributed by atoms with van der Waals surface area (Å²) in [5, 5.41) is 5.60. The molecule has 0 unspecified atom stereocenters. The minimum atomic E-state index is -0.246. The maximum atomic E-state index is 12.2. The third kappa shape index (κ3) is 4.16. The molecule has 6 nitrogen and oxygen atoms in total. The van der Waals surface area contributed by atoms with Gasteiger partial charge in [0.15, 0.2) is 0 Å². The van der Waals surface area contributed by atoms with Crippen molar-refractivity contribution in [1.82, 2.24) is 9.97 Å². The smallest absolute Gasteiger partial charge is 0.257 e. The van der Waals surface area contributed by atoms with E-state index in [1.54, 1.807) is 30.5 Å². The van der Waals surface area contributed by atoms with E-state index in [0.29, 0.717) is 17.1 Å². The van der Waals surface area contributed by atoms with Gasteiger partial charge in [-0.05, 0) is 37.1 Å². The first-order chi connectivity index (χ1) is 11.7. The van der Waals surface area contributed by atoms with Crippen LogP contribution in [0.1, 0.15) is 42.5 Å². The van der Waals surface area contributed by atoms with E-state index in [9.17, 15) is 9.59 Å². The zero-order valence-corrected chi connectivity index (χ0v) is 13.4. The highest BCUT2D eigenvalue weighted by Gasteiger charge is 2.21. The first kappa shape index (κ1) is 16.1. The van der Waals surface area contributed by atoms with Gasteiger partial charge in [0.25, 0.3) is 5.91 Å². The highest BCUT2D eigenvalue weighted by Crippen LogP contribution is 2.24. The van der Waals surface area contributed by atoms with Gasteiger partial charge in [-0.3, -0.25) is 14.6 Å². The first-order valence-corrected chi connectivity index (χ1v) is 8.20. The lowest BCUT2D eigenvalue weighted by atomic mass is 9.89. The number of nitrogens with zero attached hydrogens (tertiary/aromatic N) is 2. The molecule has 24 heavy (non-hydrogen) atoms. The molecule has 2 N–H and O–H groups in total. The average Bonchev–Trinajstić information content (AvgIpc) is 2.65. The highest BCUT2D eigenvalue weighted by molar-refractivity contribution is 6.04. The van der Waals surface area contributed by atoms with Crippen molar-refractivity contribution in [2.45, 2.75) is 32.1 Å². The summed E-state index contributed by atoms with van der Waals surface area (Å²) in [7, 11) is 0. The molecule has 0 spiro atoms. The Kier molecular flexibility index (Phi) is 5.15. The minimum absolute atomic E-state index is 0.0364. The minimum Gasteiger partial charge on any atom is -0.321 e. The Morgan fingerprint density at radius 1 is 1.00 bits per heavy atom. The van der Waals surface area contributed by atoms with Crippen LogP contribution in [0.5, 0.6) is 0 Å². The molecule has 1 fully saturated rings. The predicted molar refractivity (Wildman–Crippen MR) is 91.6 cm³/mol. The quantitative estimate of drug-likeness (QED) is 0.904. The summed E-state index contributed by atoms with van der Waals surface area (Å²) in [6, 6.07) is 6.81. The molecule has 0 aromatic carbocycles. The van der Waals surface area contributed by atoms with Crippen LogP contribution in [0.3, 0.4) is 0 Å². The molecule has 2 amide bonds. The first-order valence-electron chi connectivity index (χ1n) is 8.20. The van der Waals surface area contributed by atoms with Gasteiger partial charge in [-0.1, -0.05) is 19.3 Å². The van der Waals surface area contributed by atoms with E-state index in [-0.39, 0.29) is 17.7 Å². The van der Waals surface area contributed by atoms with Crippen LogP contribution in [0.25, 0.3) is 0 Å². The predicted octanol–water partition coefficient (Wildman–Crippen LogP) is 3.25. The van der Waals surface area contributed by atoms with Crippen molar-refractivity contribution in [2.24, 2.45) is 5.92 Å². The maximum Gasteiger partial charge on any atom is 0.257 e. The molecule has 1 aliphatic rings. The summed E-state index contributed by atoms with van der Waals surface area (Å²) in [5.74, 6) is 0.383.